The van der Waals surface area contributed by atoms with Crippen LogP contribution in [0.4, 0.5) is 0 Å². The second-order valence-corrected chi connectivity index (χ2v) is 3.62. The van der Waals surface area contributed by atoms with Gasteiger partial charge >= 0.3 is 0 Å². The monoisotopic (exact) mass is 262 g/mol. The van der Waals surface area contributed by atoms with E-state index in [0.29, 0.717) is 0 Å². The molecule has 0 spiro atoms. The molecule has 0 saturated carbocycles. The third-order valence-corrected chi connectivity index (χ3v) is 2.26. The van der Waals surface area contributed by atoms with Crippen LogP contribution in [0.1, 0.15) is 11.1 Å². The second-order valence-electron chi connectivity index (χ2n) is 3.62. The lowest BCUT2D eigenvalue weighted by atomic mass is 10.2. The number of rotatable bonds is 3. The number of hydrogen-bond acceptors (Lipinski definition) is 0. The Kier molecular flexibility index (Phi) is 11.2. The number of hydrogen-bond donors (Lipinski definition) is 0. The van der Waals surface area contributed by atoms with Gasteiger partial charge < -0.3 is 0 Å². The van der Waals surface area contributed by atoms with Crippen LogP contribution in [0.2, 0.25) is 0 Å². The molecule has 2 aromatic rings. The maximum atomic E-state index is 3.63. The Morgan fingerprint density at radius 3 is 1.45 bits per heavy atom. The fourth-order valence-electron chi connectivity index (χ4n) is 1.33. The Morgan fingerprint density at radius 2 is 1.10 bits per heavy atom. The molecule has 0 atom stereocenters. The van der Waals surface area contributed by atoms with Crippen LogP contribution in [0.15, 0.2) is 99.1 Å². The van der Waals surface area contributed by atoms with Gasteiger partial charge in [-0.1, -0.05) is 98.1 Å². The van der Waals surface area contributed by atoms with Crippen LogP contribution in [0.3, 0.4) is 0 Å². The van der Waals surface area contributed by atoms with Crippen LogP contribution in [-0.2, 0) is 0 Å². The van der Waals surface area contributed by atoms with Crippen LogP contribution in [0.5, 0.6) is 0 Å². The van der Waals surface area contributed by atoms with Crippen LogP contribution in [-0.4, -0.2) is 0 Å². The lowest BCUT2D eigenvalue weighted by molar-refractivity contribution is 1.66. The van der Waals surface area contributed by atoms with Crippen molar-refractivity contribution >= 4 is 12.2 Å². The van der Waals surface area contributed by atoms with Crippen molar-refractivity contribution in [3.63, 3.8) is 0 Å². The summed E-state index contributed by atoms with van der Waals surface area (Å²) in [5.74, 6) is 0. The molecule has 20 heavy (non-hydrogen) atoms. The predicted octanol–water partition coefficient (Wildman–Crippen LogP) is 6.02. The highest BCUT2D eigenvalue weighted by molar-refractivity contribution is 5.50. The first-order valence-electron chi connectivity index (χ1n) is 6.38. The Hall–Kier alpha value is -2.60. The van der Waals surface area contributed by atoms with Gasteiger partial charge in [-0.05, 0) is 11.1 Å². The molecule has 0 bridgehead atoms. The summed E-state index contributed by atoms with van der Waals surface area (Å²) in [6.07, 6.45) is 7.55. The van der Waals surface area contributed by atoms with E-state index in [2.05, 4.69) is 38.4 Å². The molecule has 2 rings (SSSR count). The Bertz CT molecular complexity index is 492. The van der Waals surface area contributed by atoms with Gasteiger partial charge in [-0.25, -0.2) is 0 Å². The van der Waals surface area contributed by atoms with Crippen LogP contribution in [0.25, 0.3) is 12.2 Å². The summed E-state index contributed by atoms with van der Waals surface area (Å²) >= 11 is 0. The topological polar surface area (TPSA) is 0 Å². The van der Waals surface area contributed by atoms with E-state index in [1.807, 2.05) is 66.8 Å². The summed E-state index contributed by atoms with van der Waals surface area (Å²) in [5, 5.41) is 0. The first-order valence-corrected chi connectivity index (χ1v) is 6.38. The van der Waals surface area contributed by atoms with E-state index in [4.69, 9.17) is 0 Å². The largest absolute Gasteiger partial charge is 0.106 e. The molecule has 0 nitrogen and oxygen atoms in total. The van der Waals surface area contributed by atoms with Crippen LogP contribution >= 0.6 is 0 Å². The van der Waals surface area contributed by atoms with E-state index in [1.165, 1.54) is 11.1 Å². The van der Waals surface area contributed by atoms with Crippen molar-refractivity contribution in [2.45, 2.75) is 0 Å². The van der Waals surface area contributed by atoms with E-state index in [9.17, 15) is 0 Å². The molecule has 102 valence electrons. The summed E-state index contributed by atoms with van der Waals surface area (Å²) < 4.78 is 0. The average Bonchev–Trinajstić information content (AvgIpc) is 2.57. The van der Waals surface area contributed by atoms with Crippen molar-refractivity contribution in [3.05, 3.63) is 110 Å². The third-order valence-electron chi connectivity index (χ3n) is 2.26. The van der Waals surface area contributed by atoms with Crippen molar-refractivity contribution in [1.29, 1.82) is 0 Å². The minimum Gasteiger partial charge on any atom is -0.106 e. The van der Waals surface area contributed by atoms with Gasteiger partial charge in [-0.15, -0.1) is 13.2 Å². The van der Waals surface area contributed by atoms with E-state index < -0.39 is 0 Å². The first-order chi connectivity index (χ1) is 9.86. The molecule has 0 heteroatoms. The van der Waals surface area contributed by atoms with Crippen molar-refractivity contribution < 1.29 is 0 Å². The van der Waals surface area contributed by atoms with Crippen LogP contribution in [0, 0.1) is 0 Å². The zero-order valence-electron chi connectivity index (χ0n) is 11.9. The maximum Gasteiger partial charge on any atom is -0.0257 e. The van der Waals surface area contributed by atoms with Crippen molar-refractivity contribution in [1.82, 2.24) is 0 Å². The third kappa shape index (κ3) is 8.48. The second kappa shape index (κ2) is 12.8. The molecule has 0 amide bonds. The van der Waals surface area contributed by atoms with Gasteiger partial charge in [-0.2, -0.15) is 0 Å². The van der Waals surface area contributed by atoms with Crippen molar-refractivity contribution in [3.8, 4) is 0 Å². The number of benzene rings is 2. The van der Waals surface area contributed by atoms with E-state index in [1.54, 1.807) is 6.08 Å². The zero-order valence-corrected chi connectivity index (χ0v) is 11.9. The molecule has 0 aliphatic carbocycles. The molecule has 0 aliphatic heterocycles. The molecule has 0 radical (unpaired) electrons. The predicted molar refractivity (Wildman–Crippen MR) is 93.5 cm³/mol. The molecule has 0 aliphatic rings. The van der Waals surface area contributed by atoms with Gasteiger partial charge in [0.15, 0.2) is 0 Å². The van der Waals surface area contributed by atoms with Crippen molar-refractivity contribution in [2.24, 2.45) is 0 Å². The SMILES string of the molecule is C=C.C=CC=Cc1ccccc1.C=Cc1ccccc1. The molecule has 0 fully saturated rings. The van der Waals surface area contributed by atoms with Gasteiger partial charge in [0, 0.05) is 0 Å². The maximum absolute atomic E-state index is 3.63. The minimum absolute atomic E-state index is 1.17. The summed E-state index contributed by atoms with van der Waals surface area (Å²) in [6.45, 7) is 13.2. The molecular formula is C20H22. The highest BCUT2D eigenvalue weighted by Crippen LogP contribution is 2.00. The standard InChI is InChI=1S/C10H10.C8H8.C2H4/c1-2-3-7-10-8-5-4-6-9-10;1-2-8-6-4-3-5-7-8;1-2/h2-9H,1H2;2-7H,1H2;1-2H2. The minimum atomic E-state index is 1.17. The molecule has 0 heterocycles. The summed E-state index contributed by atoms with van der Waals surface area (Å²) in [5.41, 5.74) is 2.38. The molecule has 0 unspecified atom stereocenters. The normalized spacial score (nSPS) is 8.60. The van der Waals surface area contributed by atoms with E-state index in [0.717, 1.165) is 0 Å². The Labute approximate surface area is 123 Å². The first kappa shape index (κ1) is 17.4. The quantitative estimate of drug-likeness (QED) is 0.469. The lowest BCUT2D eigenvalue weighted by Crippen LogP contribution is -1.65. The molecule has 0 aromatic heterocycles. The van der Waals surface area contributed by atoms with E-state index >= 15 is 0 Å². The summed E-state index contributed by atoms with van der Waals surface area (Å²) in [6, 6.07) is 20.2. The smallest absolute Gasteiger partial charge is 0.0257 e. The summed E-state index contributed by atoms with van der Waals surface area (Å²) in [4.78, 5) is 0. The van der Waals surface area contributed by atoms with E-state index in [-0.39, 0.29) is 0 Å². The number of allylic oxidation sites excluding steroid dienone is 2. The van der Waals surface area contributed by atoms with Gasteiger partial charge in [-0.3, -0.25) is 0 Å². The fourth-order valence-corrected chi connectivity index (χ4v) is 1.33. The average molecular weight is 262 g/mol. The zero-order chi connectivity index (χ0) is 15.1. The molecule has 0 N–H and O–H groups in total. The Morgan fingerprint density at radius 1 is 0.650 bits per heavy atom. The molecular weight excluding hydrogens is 240 g/mol. The van der Waals surface area contributed by atoms with Gasteiger partial charge in [0.1, 0.15) is 0 Å². The molecule has 2 aromatic carbocycles. The molecule has 0 saturated heterocycles. The van der Waals surface area contributed by atoms with Gasteiger partial charge in [0.25, 0.3) is 0 Å². The fraction of sp³-hybridized carbons (Fsp3) is 0. The highest BCUT2D eigenvalue weighted by atomic mass is 13.8. The Balaban J connectivity index is 0.000000327. The van der Waals surface area contributed by atoms with Crippen molar-refractivity contribution in [2.75, 3.05) is 0 Å². The lowest BCUT2D eigenvalue weighted by Gasteiger charge is -1.87. The van der Waals surface area contributed by atoms with Crippen LogP contribution < -0.4 is 0 Å². The summed E-state index contributed by atoms with van der Waals surface area (Å²) in [7, 11) is 0. The van der Waals surface area contributed by atoms with Gasteiger partial charge in [0.2, 0.25) is 0 Å². The van der Waals surface area contributed by atoms with Gasteiger partial charge in [0.05, 0.1) is 0 Å². The highest BCUT2D eigenvalue weighted by Gasteiger charge is 1.78.